The largest absolute Gasteiger partial charge is 0.494 e. The Bertz CT molecular complexity index is 644. The third-order valence-corrected chi connectivity index (χ3v) is 3.53. The number of carboxylic acids is 1. The lowest BCUT2D eigenvalue weighted by molar-refractivity contribution is 0.0689. The summed E-state index contributed by atoms with van der Waals surface area (Å²) in [7, 11) is 0. The minimum atomic E-state index is -0.951. The van der Waals surface area contributed by atoms with Crippen LogP contribution in [0.2, 0.25) is 0 Å². The van der Waals surface area contributed by atoms with Gasteiger partial charge < -0.3 is 9.84 Å². The van der Waals surface area contributed by atoms with E-state index in [1.165, 1.54) is 0 Å². The second-order valence-corrected chi connectivity index (χ2v) is 4.77. The molecule has 1 aromatic carbocycles. The fraction of sp³-hybridized carbons (Fsp3) is 0.333. The van der Waals surface area contributed by atoms with Gasteiger partial charge in [0.15, 0.2) is 5.69 Å². The summed E-state index contributed by atoms with van der Waals surface area (Å²) in [6, 6.07) is 7.56. The zero-order chi connectivity index (χ0) is 14.1. The Morgan fingerprint density at radius 3 is 2.75 bits per heavy atom. The molecule has 0 aliphatic heterocycles. The van der Waals surface area contributed by atoms with Crippen LogP contribution in [-0.4, -0.2) is 27.5 Å². The van der Waals surface area contributed by atoms with Gasteiger partial charge in [0.25, 0.3) is 0 Å². The summed E-state index contributed by atoms with van der Waals surface area (Å²) in [5, 5.41) is 13.5. The van der Waals surface area contributed by atoms with E-state index >= 15 is 0 Å². The number of carbonyl (C=O) groups is 1. The number of rotatable bonds is 4. The van der Waals surface area contributed by atoms with Crippen molar-refractivity contribution in [1.29, 1.82) is 0 Å². The molecule has 0 atom stereocenters. The predicted octanol–water partition coefficient (Wildman–Crippen LogP) is 2.46. The lowest BCUT2D eigenvalue weighted by atomic mass is 10.2. The molecule has 5 nitrogen and oxygen atoms in total. The molecule has 0 spiro atoms. The predicted molar refractivity (Wildman–Crippen MR) is 73.7 cm³/mol. The highest BCUT2D eigenvalue weighted by Crippen LogP contribution is 2.28. The second-order valence-electron chi connectivity index (χ2n) is 4.77. The van der Waals surface area contributed by atoms with E-state index in [4.69, 9.17) is 4.74 Å². The van der Waals surface area contributed by atoms with Crippen LogP contribution in [0.15, 0.2) is 24.3 Å². The molecular formula is C15H16N2O3. The first-order chi connectivity index (χ1) is 9.70. The minimum absolute atomic E-state index is 0.186. The van der Waals surface area contributed by atoms with Crippen LogP contribution >= 0.6 is 0 Å². The maximum absolute atomic E-state index is 11.2. The molecule has 2 aromatic rings. The SMILES string of the molecule is CCOc1ccc(-n2nc(C(=O)O)c3c2CCC3)cc1. The molecule has 3 rings (SSSR count). The van der Waals surface area contributed by atoms with Crippen molar-refractivity contribution in [2.75, 3.05) is 6.61 Å². The monoisotopic (exact) mass is 272 g/mol. The Kier molecular flexibility index (Phi) is 3.18. The van der Waals surface area contributed by atoms with E-state index in [-0.39, 0.29) is 5.69 Å². The maximum Gasteiger partial charge on any atom is 0.356 e. The van der Waals surface area contributed by atoms with Crippen LogP contribution in [0.3, 0.4) is 0 Å². The van der Waals surface area contributed by atoms with E-state index in [1.54, 1.807) is 4.68 Å². The first-order valence-electron chi connectivity index (χ1n) is 6.78. The van der Waals surface area contributed by atoms with Gasteiger partial charge in [0.1, 0.15) is 5.75 Å². The van der Waals surface area contributed by atoms with E-state index in [9.17, 15) is 9.90 Å². The number of carboxylic acid groups (broad SMARTS) is 1. The lowest BCUT2D eigenvalue weighted by Gasteiger charge is -2.07. The van der Waals surface area contributed by atoms with E-state index in [0.717, 1.165) is 42.0 Å². The van der Waals surface area contributed by atoms with Gasteiger partial charge in [-0.1, -0.05) is 0 Å². The van der Waals surface area contributed by atoms with Gasteiger partial charge in [0.05, 0.1) is 12.3 Å². The summed E-state index contributed by atoms with van der Waals surface area (Å²) in [6.45, 7) is 2.56. The quantitative estimate of drug-likeness (QED) is 0.928. The number of aromatic nitrogens is 2. The zero-order valence-electron chi connectivity index (χ0n) is 11.3. The van der Waals surface area contributed by atoms with Crippen molar-refractivity contribution >= 4 is 5.97 Å². The van der Waals surface area contributed by atoms with Crippen molar-refractivity contribution in [3.05, 3.63) is 41.2 Å². The molecular weight excluding hydrogens is 256 g/mol. The summed E-state index contributed by atoms with van der Waals surface area (Å²) in [5.41, 5.74) is 2.96. The minimum Gasteiger partial charge on any atom is -0.494 e. The van der Waals surface area contributed by atoms with Crippen LogP contribution < -0.4 is 4.74 Å². The smallest absolute Gasteiger partial charge is 0.356 e. The van der Waals surface area contributed by atoms with Gasteiger partial charge in [0.2, 0.25) is 0 Å². The average molecular weight is 272 g/mol. The summed E-state index contributed by atoms with van der Waals surface area (Å²) >= 11 is 0. The first kappa shape index (κ1) is 12.7. The molecule has 0 unspecified atom stereocenters. The molecule has 0 bridgehead atoms. The molecule has 104 valence electrons. The number of fused-ring (bicyclic) bond motifs is 1. The molecule has 1 heterocycles. The highest BCUT2D eigenvalue weighted by atomic mass is 16.5. The maximum atomic E-state index is 11.2. The number of hydrogen-bond donors (Lipinski definition) is 1. The van der Waals surface area contributed by atoms with Gasteiger partial charge in [-0.2, -0.15) is 5.10 Å². The molecule has 0 amide bonds. The molecule has 1 N–H and O–H groups in total. The third kappa shape index (κ3) is 2.05. The van der Waals surface area contributed by atoms with Crippen LogP contribution in [0.25, 0.3) is 5.69 Å². The number of aromatic carboxylic acids is 1. The Morgan fingerprint density at radius 1 is 1.35 bits per heavy atom. The Labute approximate surface area is 116 Å². The number of ether oxygens (including phenoxy) is 1. The van der Waals surface area contributed by atoms with Crippen molar-refractivity contribution in [1.82, 2.24) is 9.78 Å². The molecule has 1 aliphatic carbocycles. The zero-order valence-corrected chi connectivity index (χ0v) is 11.3. The highest BCUT2D eigenvalue weighted by Gasteiger charge is 2.26. The molecule has 1 aliphatic rings. The van der Waals surface area contributed by atoms with Gasteiger partial charge in [-0.25, -0.2) is 9.48 Å². The molecule has 1 aromatic heterocycles. The van der Waals surface area contributed by atoms with Crippen molar-refractivity contribution in [2.45, 2.75) is 26.2 Å². The van der Waals surface area contributed by atoms with Crippen LogP contribution in [-0.2, 0) is 12.8 Å². The van der Waals surface area contributed by atoms with Gasteiger partial charge in [0, 0.05) is 11.3 Å². The fourth-order valence-corrected chi connectivity index (χ4v) is 2.67. The van der Waals surface area contributed by atoms with E-state index < -0.39 is 5.97 Å². The van der Waals surface area contributed by atoms with Crippen molar-refractivity contribution in [2.24, 2.45) is 0 Å². The number of hydrogen-bond acceptors (Lipinski definition) is 3. The Balaban J connectivity index is 2.02. The van der Waals surface area contributed by atoms with Gasteiger partial charge >= 0.3 is 5.97 Å². The van der Waals surface area contributed by atoms with Crippen molar-refractivity contribution in [3.63, 3.8) is 0 Å². The first-order valence-corrected chi connectivity index (χ1v) is 6.78. The summed E-state index contributed by atoms with van der Waals surface area (Å²) in [4.78, 5) is 11.2. The summed E-state index contributed by atoms with van der Waals surface area (Å²) in [5.74, 6) is -0.147. The van der Waals surface area contributed by atoms with E-state index in [0.29, 0.717) is 6.61 Å². The highest BCUT2D eigenvalue weighted by molar-refractivity contribution is 5.87. The van der Waals surface area contributed by atoms with Gasteiger partial charge in [-0.05, 0) is 50.5 Å². The van der Waals surface area contributed by atoms with Crippen LogP contribution in [0.5, 0.6) is 5.75 Å². The molecule has 0 fully saturated rings. The lowest BCUT2D eigenvalue weighted by Crippen LogP contribution is -2.04. The van der Waals surface area contributed by atoms with Crippen LogP contribution in [0.4, 0.5) is 0 Å². The Morgan fingerprint density at radius 2 is 2.10 bits per heavy atom. The van der Waals surface area contributed by atoms with Gasteiger partial charge in [-0.15, -0.1) is 0 Å². The molecule has 0 saturated heterocycles. The third-order valence-electron chi connectivity index (χ3n) is 3.53. The van der Waals surface area contributed by atoms with Gasteiger partial charge in [-0.3, -0.25) is 0 Å². The van der Waals surface area contributed by atoms with Crippen LogP contribution in [0, 0.1) is 0 Å². The average Bonchev–Trinajstić information content (AvgIpc) is 3.01. The van der Waals surface area contributed by atoms with Crippen molar-refractivity contribution in [3.8, 4) is 11.4 Å². The molecule has 5 heteroatoms. The summed E-state index contributed by atoms with van der Waals surface area (Å²) < 4.78 is 7.16. The molecule has 0 radical (unpaired) electrons. The topological polar surface area (TPSA) is 64.4 Å². The van der Waals surface area contributed by atoms with E-state index in [2.05, 4.69) is 5.10 Å². The standard InChI is InChI=1S/C15H16N2O3/c1-2-20-11-8-6-10(7-9-11)17-13-5-3-4-12(13)14(16-17)15(18)19/h6-9H,2-5H2,1H3,(H,18,19). The molecule has 0 saturated carbocycles. The summed E-state index contributed by atoms with van der Waals surface area (Å²) in [6.07, 6.45) is 2.67. The Hall–Kier alpha value is -2.30. The number of nitrogens with zero attached hydrogens (tertiary/aromatic N) is 2. The van der Waals surface area contributed by atoms with Crippen molar-refractivity contribution < 1.29 is 14.6 Å². The normalized spacial score (nSPS) is 13.2. The fourth-order valence-electron chi connectivity index (χ4n) is 2.67. The molecule has 20 heavy (non-hydrogen) atoms. The second kappa shape index (κ2) is 5.00. The number of benzene rings is 1. The van der Waals surface area contributed by atoms with Crippen LogP contribution in [0.1, 0.15) is 35.1 Å². The van der Waals surface area contributed by atoms with E-state index in [1.807, 2.05) is 31.2 Å².